The van der Waals surface area contributed by atoms with Crippen molar-refractivity contribution >= 4 is 29.9 Å². The molecule has 3 rings (SSSR count). The lowest BCUT2D eigenvalue weighted by atomic mass is 10.3. The van der Waals surface area contributed by atoms with Gasteiger partial charge in [-0.2, -0.15) is 0 Å². The number of guanidine groups is 1. The molecule has 0 spiro atoms. The predicted molar refractivity (Wildman–Crippen MR) is 122 cm³/mol. The molecule has 0 aliphatic carbocycles. The van der Waals surface area contributed by atoms with E-state index >= 15 is 0 Å². The van der Waals surface area contributed by atoms with E-state index < -0.39 is 0 Å². The van der Waals surface area contributed by atoms with Gasteiger partial charge in [0.25, 0.3) is 0 Å². The number of rotatable bonds is 7. The van der Waals surface area contributed by atoms with Crippen molar-refractivity contribution in [2.24, 2.45) is 4.99 Å². The lowest BCUT2D eigenvalue weighted by molar-refractivity contribution is 0.0389. The number of aliphatic imine (C=N–C) groups is 1. The van der Waals surface area contributed by atoms with Crippen LogP contribution in [0.25, 0.3) is 0 Å². The maximum atomic E-state index is 12.9. The molecule has 0 atom stereocenters. The average Bonchev–Trinajstić information content (AvgIpc) is 2.74. The van der Waals surface area contributed by atoms with Gasteiger partial charge in [0.05, 0.1) is 13.2 Å². The molecule has 0 amide bonds. The maximum absolute atomic E-state index is 12.9. The van der Waals surface area contributed by atoms with Gasteiger partial charge in [-0.1, -0.05) is 6.07 Å². The Morgan fingerprint density at radius 1 is 1.17 bits per heavy atom. The van der Waals surface area contributed by atoms with Crippen LogP contribution in [0.15, 0.2) is 47.6 Å². The minimum atomic E-state index is -0.298. The summed E-state index contributed by atoms with van der Waals surface area (Å²) in [7, 11) is 1.75. The van der Waals surface area contributed by atoms with Gasteiger partial charge in [0.2, 0.25) is 5.88 Å². The SMILES string of the molecule is CN=C(NCCN1CCOCC1)NCc1ccc(Oc2ccc(F)cc2)nc1.I. The standard InChI is InChI=1S/C20H26FN5O2.HI/c1-22-20(23-8-9-26-10-12-27-13-11-26)25-15-16-2-7-19(24-14-16)28-18-5-3-17(21)4-6-18;/h2-7,14H,8-13,15H2,1H3,(H2,22,23,25);1H. The van der Waals surface area contributed by atoms with Crippen molar-refractivity contribution < 1.29 is 13.9 Å². The normalized spacial score (nSPS) is 14.8. The molecule has 1 aliphatic heterocycles. The second-order valence-corrected chi connectivity index (χ2v) is 6.37. The summed E-state index contributed by atoms with van der Waals surface area (Å²) in [4.78, 5) is 10.9. The molecule has 1 fully saturated rings. The second-order valence-electron chi connectivity index (χ2n) is 6.37. The third-order valence-electron chi connectivity index (χ3n) is 4.34. The van der Waals surface area contributed by atoms with Crippen molar-refractivity contribution in [3.8, 4) is 11.6 Å². The van der Waals surface area contributed by atoms with Crippen LogP contribution >= 0.6 is 24.0 Å². The van der Waals surface area contributed by atoms with E-state index in [0.717, 1.165) is 50.9 Å². The summed E-state index contributed by atoms with van der Waals surface area (Å²) in [6.45, 7) is 5.95. The molecule has 1 saturated heterocycles. The van der Waals surface area contributed by atoms with Crippen molar-refractivity contribution in [3.63, 3.8) is 0 Å². The van der Waals surface area contributed by atoms with Gasteiger partial charge < -0.3 is 20.1 Å². The van der Waals surface area contributed by atoms with Gasteiger partial charge in [-0.25, -0.2) is 9.37 Å². The molecule has 158 valence electrons. The summed E-state index contributed by atoms with van der Waals surface area (Å²) >= 11 is 0. The quantitative estimate of drug-likeness (QED) is 0.336. The van der Waals surface area contributed by atoms with Crippen LogP contribution in [0.5, 0.6) is 11.6 Å². The molecule has 7 nitrogen and oxygen atoms in total. The highest BCUT2D eigenvalue weighted by Crippen LogP contribution is 2.19. The van der Waals surface area contributed by atoms with Crippen LogP contribution < -0.4 is 15.4 Å². The van der Waals surface area contributed by atoms with Gasteiger partial charge in [-0.05, 0) is 29.8 Å². The molecule has 2 aromatic rings. The fourth-order valence-electron chi connectivity index (χ4n) is 2.76. The van der Waals surface area contributed by atoms with Crippen LogP contribution in [0.2, 0.25) is 0 Å². The van der Waals surface area contributed by atoms with E-state index in [1.807, 2.05) is 6.07 Å². The zero-order valence-electron chi connectivity index (χ0n) is 16.4. The van der Waals surface area contributed by atoms with E-state index in [-0.39, 0.29) is 29.8 Å². The van der Waals surface area contributed by atoms with Crippen molar-refractivity contribution in [2.45, 2.75) is 6.54 Å². The number of morpholine rings is 1. The first-order valence-corrected chi connectivity index (χ1v) is 9.36. The molecule has 9 heteroatoms. The van der Waals surface area contributed by atoms with Crippen molar-refractivity contribution in [2.75, 3.05) is 46.4 Å². The van der Waals surface area contributed by atoms with E-state index in [0.29, 0.717) is 18.2 Å². The molecular formula is C20H27FIN5O2. The van der Waals surface area contributed by atoms with Crippen LogP contribution in [0, 0.1) is 5.82 Å². The molecule has 1 aromatic carbocycles. The molecule has 1 aromatic heterocycles. The summed E-state index contributed by atoms with van der Waals surface area (Å²) in [5, 5.41) is 6.59. The summed E-state index contributed by atoms with van der Waals surface area (Å²) in [6.07, 6.45) is 1.74. The Morgan fingerprint density at radius 2 is 1.93 bits per heavy atom. The molecule has 1 aliphatic rings. The highest BCUT2D eigenvalue weighted by Gasteiger charge is 2.09. The minimum absolute atomic E-state index is 0. The number of pyridine rings is 1. The first kappa shape index (κ1) is 23.3. The largest absolute Gasteiger partial charge is 0.439 e. The number of hydrogen-bond donors (Lipinski definition) is 2. The Balaban J connectivity index is 0.00000300. The van der Waals surface area contributed by atoms with E-state index in [1.54, 1.807) is 31.4 Å². The summed E-state index contributed by atoms with van der Waals surface area (Å²) in [5.74, 6) is 1.46. The zero-order chi connectivity index (χ0) is 19.6. The number of halogens is 2. The highest BCUT2D eigenvalue weighted by molar-refractivity contribution is 14.0. The minimum Gasteiger partial charge on any atom is -0.439 e. The molecular weight excluding hydrogens is 488 g/mol. The van der Waals surface area contributed by atoms with Gasteiger partial charge in [0, 0.05) is 52.0 Å². The molecule has 29 heavy (non-hydrogen) atoms. The number of nitrogens with one attached hydrogen (secondary N) is 2. The fraction of sp³-hybridized carbons (Fsp3) is 0.400. The van der Waals surface area contributed by atoms with Crippen molar-refractivity contribution in [1.82, 2.24) is 20.5 Å². The van der Waals surface area contributed by atoms with Gasteiger partial charge >= 0.3 is 0 Å². The molecule has 2 N–H and O–H groups in total. The predicted octanol–water partition coefficient (Wildman–Crippen LogP) is 2.63. The lowest BCUT2D eigenvalue weighted by Gasteiger charge is -2.26. The zero-order valence-corrected chi connectivity index (χ0v) is 18.8. The Labute approximate surface area is 187 Å². The Kier molecular flexibility index (Phi) is 10.1. The second kappa shape index (κ2) is 12.6. The van der Waals surface area contributed by atoms with Crippen LogP contribution in [0.4, 0.5) is 4.39 Å². The first-order chi connectivity index (χ1) is 13.7. The van der Waals surface area contributed by atoms with Crippen molar-refractivity contribution in [3.05, 3.63) is 54.0 Å². The number of ether oxygens (including phenoxy) is 2. The van der Waals surface area contributed by atoms with E-state index in [9.17, 15) is 4.39 Å². The number of hydrogen-bond acceptors (Lipinski definition) is 5. The third-order valence-corrected chi connectivity index (χ3v) is 4.34. The first-order valence-electron chi connectivity index (χ1n) is 9.36. The highest BCUT2D eigenvalue weighted by atomic mass is 127. The third kappa shape index (κ3) is 8.11. The van der Waals surface area contributed by atoms with Gasteiger partial charge in [-0.15, -0.1) is 24.0 Å². The Hall–Kier alpha value is -1.98. The van der Waals surface area contributed by atoms with Gasteiger partial charge in [0.1, 0.15) is 11.6 Å². The van der Waals surface area contributed by atoms with Crippen LogP contribution in [-0.4, -0.2) is 62.3 Å². The van der Waals surface area contributed by atoms with E-state index in [2.05, 4.69) is 25.5 Å². The lowest BCUT2D eigenvalue weighted by Crippen LogP contribution is -2.44. The van der Waals surface area contributed by atoms with Crippen LogP contribution in [0.3, 0.4) is 0 Å². The fourth-order valence-corrected chi connectivity index (χ4v) is 2.76. The molecule has 2 heterocycles. The number of nitrogens with zero attached hydrogens (tertiary/aromatic N) is 3. The monoisotopic (exact) mass is 515 g/mol. The number of benzene rings is 1. The van der Waals surface area contributed by atoms with E-state index in [1.165, 1.54) is 12.1 Å². The van der Waals surface area contributed by atoms with Gasteiger partial charge in [-0.3, -0.25) is 9.89 Å². The maximum Gasteiger partial charge on any atom is 0.219 e. The van der Waals surface area contributed by atoms with E-state index in [4.69, 9.17) is 9.47 Å². The molecule has 0 saturated carbocycles. The smallest absolute Gasteiger partial charge is 0.219 e. The summed E-state index contributed by atoms with van der Waals surface area (Å²) < 4.78 is 23.9. The molecule has 0 unspecified atom stereocenters. The average molecular weight is 515 g/mol. The number of aromatic nitrogens is 1. The molecule has 0 bridgehead atoms. The van der Waals surface area contributed by atoms with Crippen LogP contribution in [0.1, 0.15) is 5.56 Å². The summed E-state index contributed by atoms with van der Waals surface area (Å²) in [5.41, 5.74) is 1.00. The van der Waals surface area contributed by atoms with Crippen LogP contribution in [-0.2, 0) is 11.3 Å². The summed E-state index contributed by atoms with van der Waals surface area (Å²) in [6, 6.07) is 9.56. The Morgan fingerprint density at radius 3 is 2.59 bits per heavy atom. The Bertz CT molecular complexity index is 752. The van der Waals surface area contributed by atoms with Gasteiger partial charge in [0.15, 0.2) is 5.96 Å². The topological polar surface area (TPSA) is 71.0 Å². The molecule has 0 radical (unpaired) electrons. The van der Waals surface area contributed by atoms with Crippen molar-refractivity contribution in [1.29, 1.82) is 0 Å².